The molecule has 0 aliphatic carbocycles. The van der Waals surface area contributed by atoms with Gasteiger partial charge >= 0.3 is 0 Å². The zero-order valence-corrected chi connectivity index (χ0v) is 11.7. The van der Waals surface area contributed by atoms with Crippen molar-refractivity contribution in [3.8, 4) is 0 Å². The number of para-hydroxylation sites is 1. The molecule has 0 saturated carbocycles. The normalized spacial score (nSPS) is 22.0. The zero-order chi connectivity index (χ0) is 15.6. The quantitative estimate of drug-likeness (QED) is 0.429. The Bertz CT molecular complexity index is 563. The van der Waals surface area contributed by atoms with E-state index in [-0.39, 0.29) is 28.8 Å². The molecule has 1 saturated heterocycles. The van der Waals surface area contributed by atoms with Crippen molar-refractivity contribution in [3.05, 3.63) is 33.9 Å². The number of carbonyl (C=O) groups excluding carboxylic acids is 1. The highest BCUT2D eigenvalue weighted by Gasteiger charge is 2.30. The molecule has 1 heterocycles. The molecule has 114 valence electrons. The second-order valence-electron chi connectivity index (χ2n) is 5.19. The van der Waals surface area contributed by atoms with Crippen molar-refractivity contribution in [2.75, 3.05) is 18.5 Å². The van der Waals surface area contributed by atoms with Crippen molar-refractivity contribution in [2.24, 2.45) is 11.8 Å². The number of amides is 1. The van der Waals surface area contributed by atoms with Gasteiger partial charge in [-0.05, 0) is 18.4 Å². The van der Waals surface area contributed by atoms with Crippen molar-refractivity contribution >= 4 is 17.3 Å². The molecule has 0 aromatic heterocycles. The molecule has 8 nitrogen and oxygen atoms in total. The summed E-state index contributed by atoms with van der Waals surface area (Å²) in [4.78, 5) is 24.5. The molecule has 1 fully saturated rings. The molecular formula is C13H18N4O4. The molecule has 4 N–H and O–H groups in total. The van der Waals surface area contributed by atoms with Crippen LogP contribution in [0.2, 0.25) is 0 Å². The maximum absolute atomic E-state index is 12.5. The van der Waals surface area contributed by atoms with Crippen LogP contribution >= 0.6 is 0 Å². The van der Waals surface area contributed by atoms with Crippen LogP contribution in [0.1, 0.15) is 23.7 Å². The molecule has 1 aromatic rings. The van der Waals surface area contributed by atoms with Gasteiger partial charge in [0, 0.05) is 19.2 Å². The molecule has 0 bridgehead atoms. The maximum atomic E-state index is 12.5. The van der Waals surface area contributed by atoms with Gasteiger partial charge < -0.3 is 15.4 Å². The van der Waals surface area contributed by atoms with E-state index in [1.54, 1.807) is 4.90 Å². The highest BCUT2D eigenvalue weighted by molar-refractivity contribution is 6.01. The van der Waals surface area contributed by atoms with Gasteiger partial charge in [0.2, 0.25) is 0 Å². The van der Waals surface area contributed by atoms with E-state index in [0.29, 0.717) is 19.5 Å². The zero-order valence-electron chi connectivity index (χ0n) is 11.7. The maximum Gasteiger partial charge on any atom is 0.294 e. The number of anilines is 1. The van der Waals surface area contributed by atoms with Crippen LogP contribution in [0, 0.1) is 16.0 Å². The van der Waals surface area contributed by atoms with Gasteiger partial charge in [0.15, 0.2) is 0 Å². The molecule has 0 spiro atoms. The molecule has 2 atom stereocenters. The number of nitro benzene ring substituents is 1. The lowest BCUT2D eigenvalue weighted by molar-refractivity contribution is -0.384. The third-order valence-corrected chi connectivity index (χ3v) is 3.76. The molecule has 1 aliphatic heterocycles. The van der Waals surface area contributed by atoms with Crippen molar-refractivity contribution in [1.29, 1.82) is 0 Å². The van der Waals surface area contributed by atoms with Gasteiger partial charge in [-0.2, -0.15) is 0 Å². The average Bonchev–Trinajstić information content (AvgIpc) is 2.48. The Kier molecular flexibility index (Phi) is 4.39. The van der Waals surface area contributed by atoms with Crippen molar-refractivity contribution in [1.82, 2.24) is 4.90 Å². The summed E-state index contributed by atoms with van der Waals surface area (Å²) in [5, 5.41) is 20.7. The van der Waals surface area contributed by atoms with Gasteiger partial charge in [0.05, 0.1) is 16.6 Å². The Morgan fingerprint density at radius 1 is 1.57 bits per heavy atom. The second kappa shape index (κ2) is 6.06. The monoisotopic (exact) mass is 294 g/mol. The number of nitrogen functional groups attached to an aromatic ring is 1. The van der Waals surface area contributed by atoms with Crippen molar-refractivity contribution in [3.63, 3.8) is 0 Å². The van der Waals surface area contributed by atoms with Gasteiger partial charge in [-0.1, -0.05) is 13.0 Å². The first-order chi connectivity index (χ1) is 9.95. The van der Waals surface area contributed by atoms with Crippen LogP contribution in [-0.4, -0.2) is 40.0 Å². The number of benzene rings is 1. The lowest BCUT2D eigenvalue weighted by atomic mass is 9.96. The van der Waals surface area contributed by atoms with E-state index < -0.39 is 11.0 Å². The van der Waals surface area contributed by atoms with Gasteiger partial charge in [-0.25, -0.2) is 0 Å². The minimum atomic E-state index is -0.589. The molecule has 1 aliphatic rings. The predicted octanol–water partition coefficient (Wildman–Crippen LogP) is 0.723. The number of hydrogen-bond donors (Lipinski definition) is 3. The lowest BCUT2D eigenvalue weighted by Crippen LogP contribution is -2.45. The summed E-state index contributed by atoms with van der Waals surface area (Å²) in [6, 6.07) is 4.24. The van der Waals surface area contributed by atoms with E-state index in [1.165, 1.54) is 18.2 Å². The lowest BCUT2D eigenvalue weighted by Gasteiger charge is -2.34. The Hall–Kier alpha value is -2.19. The number of hydrazine groups is 1. The molecule has 0 radical (unpaired) electrons. The van der Waals surface area contributed by atoms with Gasteiger partial charge in [-0.3, -0.25) is 20.8 Å². The number of carbonyl (C=O) groups is 1. The summed E-state index contributed by atoms with van der Waals surface area (Å²) in [7, 11) is 0. The van der Waals surface area contributed by atoms with Crippen LogP contribution < -0.4 is 11.3 Å². The average molecular weight is 294 g/mol. The fourth-order valence-corrected chi connectivity index (χ4v) is 2.51. The first kappa shape index (κ1) is 15.2. The highest BCUT2D eigenvalue weighted by Crippen LogP contribution is 2.29. The molecular weight excluding hydrogens is 276 g/mol. The second-order valence-corrected chi connectivity index (χ2v) is 5.19. The van der Waals surface area contributed by atoms with Crippen LogP contribution in [0.25, 0.3) is 0 Å². The van der Waals surface area contributed by atoms with Gasteiger partial charge in [0.25, 0.3) is 11.6 Å². The molecule has 1 aromatic carbocycles. The summed E-state index contributed by atoms with van der Waals surface area (Å²) >= 11 is 0. The number of nitro groups is 1. The van der Waals surface area contributed by atoms with Crippen LogP contribution in [0.15, 0.2) is 18.2 Å². The molecule has 21 heavy (non-hydrogen) atoms. The largest absolute Gasteiger partial charge is 0.393 e. The van der Waals surface area contributed by atoms with E-state index in [1.807, 2.05) is 6.92 Å². The Balaban J connectivity index is 2.31. The molecule has 8 heteroatoms. The van der Waals surface area contributed by atoms with E-state index in [4.69, 9.17) is 5.84 Å². The number of nitrogens with zero attached hydrogens (tertiary/aromatic N) is 2. The Labute approximate surface area is 121 Å². The minimum Gasteiger partial charge on any atom is -0.393 e. The van der Waals surface area contributed by atoms with Crippen LogP contribution in [-0.2, 0) is 0 Å². The molecule has 1 amide bonds. The Morgan fingerprint density at radius 3 is 2.86 bits per heavy atom. The summed E-state index contributed by atoms with van der Waals surface area (Å²) < 4.78 is 0. The third kappa shape index (κ3) is 2.96. The summed E-state index contributed by atoms with van der Waals surface area (Å²) in [5.41, 5.74) is 2.17. The number of nitrogens with two attached hydrogens (primary N) is 1. The minimum absolute atomic E-state index is 0.00581. The van der Waals surface area contributed by atoms with Crippen LogP contribution in [0.5, 0.6) is 0 Å². The topological polar surface area (TPSA) is 122 Å². The molecule has 2 rings (SSSR count). The number of piperidine rings is 1. The Morgan fingerprint density at radius 2 is 2.29 bits per heavy atom. The molecule has 2 unspecified atom stereocenters. The summed E-state index contributed by atoms with van der Waals surface area (Å²) in [6.07, 6.45) is 0.0685. The van der Waals surface area contributed by atoms with E-state index in [9.17, 15) is 20.0 Å². The number of hydrogen-bond acceptors (Lipinski definition) is 6. The fourth-order valence-electron chi connectivity index (χ4n) is 2.51. The van der Waals surface area contributed by atoms with Crippen LogP contribution in [0.3, 0.4) is 0 Å². The first-order valence-corrected chi connectivity index (χ1v) is 6.67. The smallest absolute Gasteiger partial charge is 0.294 e. The summed E-state index contributed by atoms with van der Waals surface area (Å²) in [6.45, 7) is 2.68. The fraction of sp³-hybridized carbons (Fsp3) is 0.462. The number of nitrogens with one attached hydrogen (secondary N) is 1. The summed E-state index contributed by atoms with van der Waals surface area (Å²) in [5.74, 6) is 4.98. The van der Waals surface area contributed by atoms with E-state index >= 15 is 0 Å². The van der Waals surface area contributed by atoms with Gasteiger partial charge in [0.1, 0.15) is 5.69 Å². The van der Waals surface area contributed by atoms with Crippen molar-refractivity contribution < 1.29 is 14.8 Å². The van der Waals surface area contributed by atoms with E-state index in [0.717, 1.165) is 0 Å². The first-order valence-electron chi connectivity index (χ1n) is 6.67. The SMILES string of the molecule is CC1CN(C(=O)c2cccc([N+](=O)[O-])c2NN)CCC1O. The predicted molar refractivity (Wildman–Crippen MR) is 76.6 cm³/mol. The van der Waals surface area contributed by atoms with Gasteiger partial charge in [-0.15, -0.1) is 0 Å². The number of aliphatic hydroxyl groups is 1. The van der Waals surface area contributed by atoms with Crippen LogP contribution in [0.4, 0.5) is 11.4 Å². The highest BCUT2D eigenvalue weighted by atomic mass is 16.6. The van der Waals surface area contributed by atoms with E-state index in [2.05, 4.69) is 5.43 Å². The third-order valence-electron chi connectivity index (χ3n) is 3.76. The number of rotatable bonds is 3. The number of likely N-dealkylation sites (tertiary alicyclic amines) is 1. The standard InChI is InChI=1S/C13H18N4O4/c1-8-7-16(6-5-11(8)18)13(19)9-3-2-4-10(17(20)21)12(9)15-14/h2-4,8,11,15,18H,5-7,14H2,1H3. The van der Waals surface area contributed by atoms with Crippen molar-refractivity contribution in [2.45, 2.75) is 19.4 Å². The number of aliphatic hydroxyl groups excluding tert-OH is 1.